The molecule has 1 N–H and O–H groups in total. The minimum atomic E-state index is 0.209. The highest BCUT2D eigenvalue weighted by Gasteiger charge is 2.27. The number of carbonyl (C=O) groups is 1. The molecular formula is C17H24N2O. The average molecular weight is 272 g/mol. The summed E-state index contributed by atoms with van der Waals surface area (Å²) in [5.74, 6) is 0.472. The Kier molecular flexibility index (Phi) is 4.06. The van der Waals surface area contributed by atoms with Gasteiger partial charge in [-0.1, -0.05) is 24.3 Å². The summed E-state index contributed by atoms with van der Waals surface area (Å²) in [5.41, 5.74) is 2.74. The van der Waals surface area contributed by atoms with Crippen molar-refractivity contribution in [3.8, 4) is 0 Å². The number of nitrogens with zero attached hydrogens (tertiary/aromatic N) is 1. The Morgan fingerprint density at radius 2 is 1.95 bits per heavy atom. The van der Waals surface area contributed by atoms with Gasteiger partial charge in [0.05, 0.1) is 6.04 Å². The smallest absolute Gasteiger partial charge is 0.223 e. The van der Waals surface area contributed by atoms with E-state index in [1.54, 1.807) is 0 Å². The fourth-order valence-corrected chi connectivity index (χ4v) is 3.46. The highest BCUT2D eigenvalue weighted by molar-refractivity contribution is 5.79. The number of rotatable bonds is 2. The lowest BCUT2D eigenvalue weighted by molar-refractivity contribution is -0.127. The molecule has 1 aromatic rings. The van der Waals surface area contributed by atoms with E-state index in [0.717, 1.165) is 38.8 Å². The molecule has 1 amide bonds. The summed E-state index contributed by atoms with van der Waals surface area (Å²) >= 11 is 0. The van der Waals surface area contributed by atoms with E-state index in [1.807, 2.05) is 0 Å². The van der Waals surface area contributed by atoms with Crippen LogP contribution in [-0.4, -0.2) is 30.9 Å². The lowest BCUT2D eigenvalue weighted by Gasteiger charge is -2.31. The van der Waals surface area contributed by atoms with Crippen molar-refractivity contribution in [2.24, 2.45) is 5.92 Å². The Hall–Kier alpha value is -1.35. The summed E-state index contributed by atoms with van der Waals surface area (Å²) in [6.07, 6.45) is 5.40. The van der Waals surface area contributed by atoms with Crippen molar-refractivity contribution < 1.29 is 4.79 Å². The summed E-state index contributed by atoms with van der Waals surface area (Å²) < 4.78 is 0. The molecule has 0 unspecified atom stereocenters. The number of benzene rings is 1. The Labute approximate surface area is 121 Å². The van der Waals surface area contributed by atoms with E-state index in [2.05, 4.69) is 41.5 Å². The molecule has 0 radical (unpaired) electrons. The summed E-state index contributed by atoms with van der Waals surface area (Å²) in [6, 6.07) is 8.78. The molecule has 2 aliphatic rings. The maximum atomic E-state index is 12.5. The van der Waals surface area contributed by atoms with Crippen LogP contribution in [0.4, 0.5) is 0 Å². The van der Waals surface area contributed by atoms with Crippen molar-refractivity contribution >= 4 is 5.91 Å². The molecule has 0 aromatic heterocycles. The first-order valence-electron chi connectivity index (χ1n) is 7.81. The number of hydrogen-bond acceptors (Lipinski definition) is 2. The van der Waals surface area contributed by atoms with Crippen LogP contribution in [0, 0.1) is 5.92 Å². The second kappa shape index (κ2) is 5.96. The maximum Gasteiger partial charge on any atom is 0.223 e. The summed E-state index contributed by atoms with van der Waals surface area (Å²) in [7, 11) is 2.13. The number of hydrogen-bond donors (Lipinski definition) is 1. The van der Waals surface area contributed by atoms with E-state index in [-0.39, 0.29) is 17.9 Å². The topological polar surface area (TPSA) is 32.3 Å². The van der Waals surface area contributed by atoms with Crippen LogP contribution in [0.15, 0.2) is 24.3 Å². The molecule has 1 heterocycles. The van der Waals surface area contributed by atoms with E-state index < -0.39 is 0 Å². The van der Waals surface area contributed by atoms with Crippen LogP contribution in [0.1, 0.15) is 42.9 Å². The quantitative estimate of drug-likeness (QED) is 0.897. The van der Waals surface area contributed by atoms with Crippen LogP contribution < -0.4 is 5.32 Å². The highest BCUT2D eigenvalue weighted by Crippen LogP contribution is 2.30. The largest absolute Gasteiger partial charge is 0.349 e. The Bertz CT molecular complexity index is 478. The molecule has 3 rings (SSSR count). The van der Waals surface area contributed by atoms with Crippen molar-refractivity contribution in [3.63, 3.8) is 0 Å². The molecule has 3 heteroatoms. The molecule has 20 heavy (non-hydrogen) atoms. The minimum Gasteiger partial charge on any atom is -0.349 e. The Balaban J connectivity index is 1.65. The van der Waals surface area contributed by atoms with Gasteiger partial charge in [0.15, 0.2) is 0 Å². The fraction of sp³-hybridized carbons (Fsp3) is 0.588. The third-order valence-corrected chi connectivity index (χ3v) is 4.78. The number of amides is 1. The zero-order chi connectivity index (χ0) is 13.9. The second-order valence-electron chi connectivity index (χ2n) is 6.23. The van der Waals surface area contributed by atoms with Crippen molar-refractivity contribution in [1.82, 2.24) is 10.2 Å². The highest BCUT2D eigenvalue weighted by atomic mass is 16.1. The van der Waals surface area contributed by atoms with Gasteiger partial charge in [-0.15, -0.1) is 0 Å². The molecule has 0 saturated carbocycles. The molecule has 1 atom stereocenters. The average Bonchev–Trinajstić information content (AvgIpc) is 2.48. The molecule has 1 saturated heterocycles. The summed E-state index contributed by atoms with van der Waals surface area (Å²) in [4.78, 5) is 14.8. The van der Waals surface area contributed by atoms with Crippen LogP contribution in [0.25, 0.3) is 0 Å². The van der Waals surface area contributed by atoms with Crippen LogP contribution in [-0.2, 0) is 11.2 Å². The SMILES string of the molecule is CN1CCC(C(=O)N[C@H]2CCCc3ccccc32)CC1. The zero-order valence-corrected chi connectivity index (χ0v) is 12.3. The monoisotopic (exact) mass is 272 g/mol. The second-order valence-corrected chi connectivity index (χ2v) is 6.23. The van der Waals surface area contributed by atoms with Gasteiger partial charge in [-0.2, -0.15) is 0 Å². The predicted molar refractivity (Wildman–Crippen MR) is 80.5 cm³/mol. The van der Waals surface area contributed by atoms with Gasteiger partial charge in [-0.05, 0) is 63.4 Å². The van der Waals surface area contributed by atoms with Crippen molar-refractivity contribution in [2.75, 3.05) is 20.1 Å². The van der Waals surface area contributed by atoms with Crippen molar-refractivity contribution in [3.05, 3.63) is 35.4 Å². The molecule has 0 spiro atoms. The van der Waals surface area contributed by atoms with Crippen LogP contribution in [0.2, 0.25) is 0 Å². The van der Waals surface area contributed by atoms with Gasteiger partial charge < -0.3 is 10.2 Å². The van der Waals surface area contributed by atoms with E-state index in [9.17, 15) is 4.79 Å². The minimum absolute atomic E-state index is 0.209. The summed E-state index contributed by atoms with van der Waals surface area (Å²) in [5, 5.41) is 3.30. The van der Waals surface area contributed by atoms with E-state index in [0.29, 0.717) is 0 Å². The van der Waals surface area contributed by atoms with E-state index in [4.69, 9.17) is 0 Å². The van der Waals surface area contributed by atoms with Crippen molar-refractivity contribution in [1.29, 1.82) is 0 Å². The van der Waals surface area contributed by atoms with Gasteiger partial charge in [0.1, 0.15) is 0 Å². The van der Waals surface area contributed by atoms with E-state index in [1.165, 1.54) is 17.5 Å². The summed E-state index contributed by atoms with van der Waals surface area (Å²) in [6.45, 7) is 2.08. The van der Waals surface area contributed by atoms with Gasteiger partial charge in [-0.25, -0.2) is 0 Å². The van der Waals surface area contributed by atoms with Gasteiger partial charge in [0.2, 0.25) is 5.91 Å². The third kappa shape index (κ3) is 2.88. The van der Waals surface area contributed by atoms with E-state index >= 15 is 0 Å². The number of nitrogens with one attached hydrogen (secondary N) is 1. The maximum absolute atomic E-state index is 12.5. The molecule has 1 fully saturated rings. The standard InChI is InChI=1S/C17H24N2O/c1-19-11-9-14(10-12-19)17(20)18-16-8-4-6-13-5-2-3-7-15(13)16/h2-3,5,7,14,16H,4,6,8-12H2,1H3,(H,18,20)/t16-/m0/s1. The molecular weight excluding hydrogens is 248 g/mol. The number of aryl methyl sites for hydroxylation is 1. The van der Waals surface area contributed by atoms with Gasteiger partial charge in [0, 0.05) is 5.92 Å². The zero-order valence-electron chi connectivity index (χ0n) is 12.3. The van der Waals surface area contributed by atoms with Gasteiger partial charge in [-0.3, -0.25) is 4.79 Å². The molecule has 108 valence electrons. The van der Waals surface area contributed by atoms with Crippen LogP contribution in [0.5, 0.6) is 0 Å². The number of fused-ring (bicyclic) bond motifs is 1. The third-order valence-electron chi connectivity index (χ3n) is 4.78. The molecule has 1 aliphatic carbocycles. The van der Waals surface area contributed by atoms with Crippen LogP contribution >= 0.6 is 0 Å². The normalized spacial score (nSPS) is 24.1. The fourth-order valence-electron chi connectivity index (χ4n) is 3.46. The van der Waals surface area contributed by atoms with Crippen LogP contribution in [0.3, 0.4) is 0 Å². The molecule has 1 aromatic carbocycles. The lowest BCUT2D eigenvalue weighted by Crippen LogP contribution is -2.40. The van der Waals surface area contributed by atoms with Crippen molar-refractivity contribution in [2.45, 2.75) is 38.1 Å². The Morgan fingerprint density at radius 3 is 2.75 bits per heavy atom. The predicted octanol–water partition coefficient (Wildman–Crippen LogP) is 2.52. The molecule has 0 bridgehead atoms. The number of carbonyl (C=O) groups excluding carboxylic acids is 1. The Morgan fingerprint density at radius 1 is 1.20 bits per heavy atom. The molecule has 3 nitrogen and oxygen atoms in total. The van der Waals surface area contributed by atoms with Gasteiger partial charge in [0.25, 0.3) is 0 Å². The molecule has 1 aliphatic heterocycles. The lowest BCUT2D eigenvalue weighted by atomic mass is 9.87. The first kappa shape index (κ1) is 13.6. The first-order valence-corrected chi connectivity index (χ1v) is 7.81. The van der Waals surface area contributed by atoms with Gasteiger partial charge >= 0.3 is 0 Å². The first-order chi connectivity index (χ1) is 9.74. The number of piperidine rings is 1. The number of likely N-dealkylation sites (tertiary alicyclic amines) is 1.